The number of carbonyl (C=O) groups excluding carboxylic acids is 3. The van der Waals surface area contributed by atoms with Crippen LogP contribution in [0.5, 0.6) is 5.75 Å². The minimum absolute atomic E-state index is 0.0142. The first-order chi connectivity index (χ1) is 16.9. The Morgan fingerprint density at radius 2 is 1.51 bits per heavy atom. The van der Waals surface area contributed by atoms with Crippen LogP contribution in [0.15, 0.2) is 90.0 Å². The summed E-state index contributed by atoms with van der Waals surface area (Å²) >= 11 is 0. The fraction of sp³-hybridized carbons (Fsp3) is 0.0370. The van der Waals surface area contributed by atoms with Crippen LogP contribution in [0.3, 0.4) is 0 Å². The van der Waals surface area contributed by atoms with Crippen molar-refractivity contribution in [3.8, 4) is 5.75 Å². The molecule has 4 aromatic rings. The average Bonchev–Trinajstić information content (AvgIpc) is 2.87. The first-order valence-electron chi connectivity index (χ1n) is 10.7. The number of hydrogen-bond donors (Lipinski definition) is 4. The molecule has 0 unspecified atom stereocenters. The lowest BCUT2D eigenvalue weighted by Crippen LogP contribution is -2.33. The zero-order valence-corrected chi connectivity index (χ0v) is 18.8. The van der Waals surface area contributed by atoms with Crippen LogP contribution >= 0.6 is 0 Å². The van der Waals surface area contributed by atoms with Gasteiger partial charge in [0.25, 0.3) is 5.91 Å². The van der Waals surface area contributed by atoms with Crippen LogP contribution in [0.1, 0.15) is 21.5 Å². The van der Waals surface area contributed by atoms with Crippen LogP contribution < -0.4 is 16.1 Å². The van der Waals surface area contributed by atoms with Crippen molar-refractivity contribution in [2.75, 3.05) is 10.6 Å². The van der Waals surface area contributed by atoms with Crippen molar-refractivity contribution in [2.24, 2.45) is 5.10 Å². The second-order valence-corrected chi connectivity index (χ2v) is 7.74. The highest BCUT2D eigenvalue weighted by molar-refractivity contribution is 6.40. The molecule has 35 heavy (non-hydrogen) atoms. The number of hydrazone groups is 1. The number of aromatic hydroxyl groups is 1. The van der Waals surface area contributed by atoms with E-state index >= 15 is 0 Å². The van der Waals surface area contributed by atoms with Crippen LogP contribution in [0.2, 0.25) is 0 Å². The maximum absolute atomic E-state index is 12.7. The molecule has 0 saturated heterocycles. The molecule has 3 amide bonds. The van der Waals surface area contributed by atoms with Gasteiger partial charge in [-0.15, -0.1) is 0 Å². The largest absolute Gasteiger partial charge is 0.507 e. The van der Waals surface area contributed by atoms with E-state index in [1.54, 1.807) is 36.4 Å². The highest BCUT2D eigenvalue weighted by Crippen LogP contribution is 2.25. The van der Waals surface area contributed by atoms with Crippen molar-refractivity contribution in [1.29, 1.82) is 0 Å². The summed E-state index contributed by atoms with van der Waals surface area (Å²) in [5.74, 6) is -2.48. The number of benzene rings is 4. The Labute approximate surface area is 201 Å². The Hall–Kier alpha value is -4.98. The molecule has 8 heteroatoms. The molecule has 4 N–H and O–H groups in total. The van der Waals surface area contributed by atoms with Gasteiger partial charge in [0.15, 0.2) is 0 Å². The molecule has 0 fully saturated rings. The van der Waals surface area contributed by atoms with Crippen molar-refractivity contribution in [3.05, 3.63) is 102 Å². The molecule has 0 aliphatic carbocycles. The van der Waals surface area contributed by atoms with Gasteiger partial charge in [0, 0.05) is 11.3 Å². The Morgan fingerprint density at radius 3 is 2.31 bits per heavy atom. The molecule has 0 aliphatic rings. The summed E-state index contributed by atoms with van der Waals surface area (Å²) in [6.45, 7) is 1.94. The van der Waals surface area contributed by atoms with Gasteiger partial charge < -0.3 is 15.7 Å². The number of amides is 3. The maximum Gasteiger partial charge on any atom is 0.329 e. The van der Waals surface area contributed by atoms with Crippen LogP contribution in [-0.4, -0.2) is 29.0 Å². The summed E-state index contributed by atoms with van der Waals surface area (Å²) in [5, 5.41) is 20.8. The van der Waals surface area contributed by atoms with E-state index < -0.39 is 17.7 Å². The Bertz CT molecular complexity index is 1450. The monoisotopic (exact) mass is 466 g/mol. The quantitative estimate of drug-likeness (QED) is 0.200. The molecule has 0 heterocycles. The zero-order valence-electron chi connectivity index (χ0n) is 18.8. The summed E-state index contributed by atoms with van der Waals surface area (Å²) < 4.78 is 0. The second-order valence-electron chi connectivity index (χ2n) is 7.74. The molecule has 0 radical (unpaired) electrons. The molecule has 0 spiro atoms. The average molecular weight is 466 g/mol. The third kappa shape index (κ3) is 5.51. The van der Waals surface area contributed by atoms with Gasteiger partial charge in [0.2, 0.25) is 0 Å². The number of hydrogen-bond acceptors (Lipinski definition) is 5. The van der Waals surface area contributed by atoms with Crippen molar-refractivity contribution >= 4 is 46.1 Å². The van der Waals surface area contributed by atoms with E-state index in [9.17, 15) is 19.5 Å². The topological polar surface area (TPSA) is 120 Å². The van der Waals surface area contributed by atoms with Gasteiger partial charge in [-0.05, 0) is 48.0 Å². The number of phenolic OH excluding ortho intramolecular Hbond substituents is 1. The number of nitrogens with one attached hydrogen (secondary N) is 3. The van der Waals surface area contributed by atoms with Gasteiger partial charge >= 0.3 is 11.8 Å². The van der Waals surface area contributed by atoms with Gasteiger partial charge in [0.1, 0.15) is 5.75 Å². The van der Waals surface area contributed by atoms with E-state index in [1.165, 1.54) is 18.3 Å². The smallest absolute Gasteiger partial charge is 0.329 e. The maximum atomic E-state index is 12.7. The van der Waals surface area contributed by atoms with Crippen molar-refractivity contribution in [2.45, 2.75) is 6.92 Å². The lowest BCUT2D eigenvalue weighted by Gasteiger charge is -2.11. The Balaban J connectivity index is 1.43. The molecule has 0 bridgehead atoms. The van der Waals surface area contributed by atoms with E-state index in [0.29, 0.717) is 11.3 Å². The molecule has 174 valence electrons. The molecule has 4 rings (SSSR count). The van der Waals surface area contributed by atoms with E-state index in [-0.39, 0.29) is 17.0 Å². The number of nitrogens with zero attached hydrogens (tertiary/aromatic N) is 1. The van der Waals surface area contributed by atoms with Gasteiger partial charge in [-0.2, -0.15) is 5.10 Å². The number of fused-ring (bicyclic) bond motifs is 1. The number of carbonyl (C=O) groups is 3. The van der Waals surface area contributed by atoms with Crippen molar-refractivity contribution in [1.82, 2.24) is 5.43 Å². The van der Waals surface area contributed by atoms with Gasteiger partial charge in [-0.1, -0.05) is 60.2 Å². The van der Waals surface area contributed by atoms with E-state index in [1.807, 2.05) is 43.3 Å². The highest BCUT2D eigenvalue weighted by atomic mass is 16.3. The van der Waals surface area contributed by atoms with Crippen molar-refractivity contribution in [3.63, 3.8) is 0 Å². The zero-order chi connectivity index (χ0) is 24.8. The fourth-order valence-electron chi connectivity index (χ4n) is 3.43. The molecular formula is C27H22N4O4. The predicted octanol–water partition coefficient (Wildman–Crippen LogP) is 4.19. The molecule has 0 aliphatic heterocycles. The summed E-state index contributed by atoms with van der Waals surface area (Å²) in [6.07, 6.45) is 1.27. The molecule has 4 aromatic carbocycles. The Kier molecular flexibility index (Phi) is 6.83. The number of phenols is 1. The second kappa shape index (κ2) is 10.3. The molecule has 0 atom stereocenters. The van der Waals surface area contributed by atoms with Crippen LogP contribution in [-0.2, 0) is 9.59 Å². The first-order valence-corrected chi connectivity index (χ1v) is 10.7. The van der Waals surface area contributed by atoms with E-state index in [0.717, 1.165) is 16.3 Å². The van der Waals surface area contributed by atoms with E-state index in [4.69, 9.17) is 0 Å². The first kappa shape index (κ1) is 23.2. The third-order valence-electron chi connectivity index (χ3n) is 5.24. The fourth-order valence-corrected chi connectivity index (χ4v) is 3.43. The van der Waals surface area contributed by atoms with Gasteiger partial charge in [-0.3, -0.25) is 14.4 Å². The SMILES string of the molecule is Cc1ccc(NC(=O)c2ccccc2NC(=O)C(=O)N/N=C/c2c(O)ccc3ccccc23)cc1. The number of aryl methyl sites for hydroxylation is 1. The Morgan fingerprint density at radius 1 is 0.800 bits per heavy atom. The van der Waals surface area contributed by atoms with Crippen LogP contribution in [0.4, 0.5) is 11.4 Å². The van der Waals surface area contributed by atoms with Gasteiger partial charge in [0.05, 0.1) is 17.5 Å². The molecular weight excluding hydrogens is 444 g/mol. The standard InChI is InChI=1S/C27H22N4O4/c1-17-10-13-19(14-11-17)29-25(33)21-8-4-5-9-23(21)30-26(34)27(35)31-28-16-22-20-7-3-2-6-18(20)12-15-24(22)32/h2-16,32H,1H3,(H,29,33)(H,30,34)(H,31,35)/b28-16+. The van der Waals surface area contributed by atoms with E-state index in [2.05, 4.69) is 21.2 Å². The lowest BCUT2D eigenvalue weighted by molar-refractivity contribution is -0.136. The number of anilines is 2. The summed E-state index contributed by atoms with van der Waals surface area (Å²) in [6, 6.07) is 24.3. The molecule has 8 nitrogen and oxygen atoms in total. The normalized spacial score (nSPS) is 10.8. The van der Waals surface area contributed by atoms with Crippen molar-refractivity contribution < 1.29 is 19.5 Å². The summed E-state index contributed by atoms with van der Waals surface area (Å²) in [5.41, 5.74) is 4.57. The number of para-hydroxylation sites is 1. The lowest BCUT2D eigenvalue weighted by atomic mass is 10.0. The minimum Gasteiger partial charge on any atom is -0.507 e. The minimum atomic E-state index is -1.03. The third-order valence-corrected chi connectivity index (χ3v) is 5.24. The summed E-state index contributed by atoms with van der Waals surface area (Å²) in [7, 11) is 0. The highest BCUT2D eigenvalue weighted by Gasteiger charge is 2.18. The van der Waals surface area contributed by atoms with Gasteiger partial charge in [-0.25, -0.2) is 5.43 Å². The number of rotatable bonds is 5. The summed E-state index contributed by atoms with van der Waals surface area (Å²) in [4.78, 5) is 37.4. The van der Waals surface area contributed by atoms with Crippen LogP contribution in [0.25, 0.3) is 10.8 Å². The predicted molar refractivity (Wildman–Crippen MR) is 136 cm³/mol. The van der Waals surface area contributed by atoms with Crippen LogP contribution in [0, 0.1) is 6.92 Å². The molecule has 0 aromatic heterocycles. The molecule has 0 saturated carbocycles.